The zero-order valence-electron chi connectivity index (χ0n) is 15.3. The molecule has 0 aliphatic carbocycles. The largest absolute Gasteiger partial charge is 0.478 e. The number of benzene rings is 2. The van der Waals surface area contributed by atoms with Crippen molar-refractivity contribution >= 4 is 56.4 Å². The number of hydrogen-bond acceptors (Lipinski definition) is 7. The average Bonchev–Trinajstić information content (AvgIpc) is 2.66. The molecule has 0 bridgehead atoms. The molecule has 156 valence electrons. The van der Waals surface area contributed by atoms with Crippen LogP contribution in [0.1, 0.15) is 10.4 Å². The Hall–Kier alpha value is -3.44. The van der Waals surface area contributed by atoms with Crippen LogP contribution in [0, 0.1) is 5.82 Å². The minimum atomic E-state index is -3.52. The third-order valence-electron chi connectivity index (χ3n) is 3.68. The van der Waals surface area contributed by atoms with E-state index in [0.717, 1.165) is 12.3 Å². The van der Waals surface area contributed by atoms with Crippen LogP contribution < -0.4 is 15.4 Å². The van der Waals surface area contributed by atoms with Crippen LogP contribution in [0.5, 0.6) is 0 Å². The molecule has 0 aliphatic heterocycles. The molecule has 0 saturated heterocycles. The molecule has 0 spiro atoms. The molecule has 0 amide bonds. The Balaban J connectivity index is 1.88. The van der Waals surface area contributed by atoms with Gasteiger partial charge in [0, 0.05) is 0 Å². The van der Waals surface area contributed by atoms with Gasteiger partial charge in [-0.1, -0.05) is 23.7 Å². The van der Waals surface area contributed by atoms with Crippen LogP contribution in [0.15, 0.2) is 48.7 Å². The van der Waals surface area contributed by atoms with Gasteiger partial charge in [0.25, 0.3) is 0 Å². The van der Waals surface area contributed by atoms with E-state index in [1.54, 1.807) is 24.3 Å². The molecule has 1 heterocycles. The lowest BCUT2D eigenvalue weighted by atomic mass is 10.2. The number of aromatic carboxylic acids is 1. The zero-order valence-corrected chi connectivity index (χ0v) is 16.9. The number of aromatic nitrogens is 2. The van der Waals surface area contributed by atoms with Crippen molar-refractivity contribution in [1.29, 1.82) is 0 Å². The maximum absolute atomic E-state index is 14.1. The Morgan fingerprint density at radius 2 is 1.80 bits per heavy atom. The van der Waals surface area contributed by atoms with Crippen LogP contribution in [0.4, 0.5) is 33.2 Å². The van der Waals surface area contributed by atoms with Crippen molar-refractivity contribution < 1.29 is 22.7 Å². The van der Waals surface area contributed by atoms with E-state index in [1.807, 2.05) is 0 Å². The van der Waals surface area contributed by atoms with Crippen molar-refractivity contribution in [3.63, 3.8) is 0 Å². The number of para-hydroxylation sites is 2. The van der Waals surface area contributed by atoms with E-state index in [1.165, 1.54) is 18.3 Å². The standard InChI is InChI=1S/C18H15ClFN5O4S/c1-30(28,29)25-15-5-3-2-4-14(15)22-16-11(19)9-21-18(24-16)23-13-7-6-10(17(26)27)8-12(13)20/h2-9,25H,1H3,(H,26,27)(H2,21,22,23,24). The first-order valence-corrected chi connectivity index (χ1v) is 10.6. The molecule has 2 aromatic carbocycles. The fourth-order valence-electron chi connectivity index (χ4n) is 2.39. The number of hydrogen-bond donors (Lipinski definition) is 4. The summed E-state index contributed by atoms with van der Waals surface area (Å²) in [5.41, 5.74) is 0.422. The normalized spacial score (nSPS) is 11.0. The summed E-state index contributed by atoms with van der Waals surface area (Å²) in [7, 11) is -3.52. The molecule has 0 aliphatic rings. The van der Waals surface area contributed by atoms with Crippen molar-refractivity contribution in [2.75, 3.05) is 21.6 Å². The zero-order chi connectivity index (χ0) is 21.9. The van der Waals surface area contributed by atoms with Crippen molar-refractivity contribution in [3.05, 3.63) is 65.1 Å². The van der Waals surface area contributed by atoms with Crippen LogP contribution in [0.3, 0.4) is 0 Å². The molecule has 0 unspecified atom stereocenters. The molecule has 12 heteroatoms. The summed E-state index contributed by atoms with van der Waals surface area (Å²) in [5, 5.41) is 14.6. The van der Waals surface area contributed by atoms with Gasteiger partial charge in [-0.25, -0.2) is 22.6 Å². The Bertz CT molecular complexity index is 1220. The van der Waals surface area contributed by atoms with Crippen molar-refractivity contribution in [2.24, 2.45) is 0 Å². The topological polar surface area (TPSA) is 133 Å². The lowest BCUT2D eigenvalue weighted by Crippen LogP contribution is -2.11. The molecular weight excluding hydrogens is 437 g/mol. The summed E-state index contributed by atoms with van der Waals surface area (Å²) < 4.78 is 39.6. The number of rotatable bonds is 7. The van der Waals surface area contributed by atoms with Crippen LogP contribution in [-0.4, -0.2) is 35.7 Å². The van der Waals surface area contributed by atoms with Gasteiger partial charge in [-0.3, -0.25) is 4.72 Å². The minimum Gasteiger partial charge on any atom is -0.478 e. The maximum Gasteiger partial charge on any atom is 0.335 e. The van der Waals surface area contributed by atoms with Gasteiger partial charge in [-0.2, -0.15) is 4.98 Å². The number of sulfonamides is 1. The summed E-state index contributed by atoms with van der Waals surface area (Å²) in [6, 6.07) is 9.85. The van der Waals surface area contributed by atoms with Gasteiger partial charge in [0.2, 0.25) is 16.0 Å². The molecule has 3 aromatic rings. The maximum atomic E-state index is 14.1. The van der Waals surface area contributed by atoms with E-state index in [2.05, 4.69) is 25.3 Å². The number of carbonyl (C=O) groups is 1. The summed E-state index contributed by atoms with van der Waals surface area (Å²) in [6.45, 7) is 0. The van der Waals surface area contributed by atoms with Gasteiger partial charge in [0.15, 0.2) is 5.82 Å². The molecule has 30 heavy (non-hydrogen) atoms. The molecule has 0 saturated carbocycles. The van der Waals surface area contributed by atoms with E-state index in [0.29, 0.717) is 5.69 Å². The summed E-state index contributed by atoms with van der Waals surface area (Å²) in [6.07, 6.45) is 2.29. The van der Waals surface area contributed by atoms with E-state index < -0.39 is 21.8 Å². The van der Waals surface area contributed by atoms with Gasteiger partial charge in [0.1, 0.15) is 10.8 Å². The second-order valence-corrected chi connectivity index (χ2v) is 8.22. The smallest absolute Gasteiger partial charge is 0.335 e. The average molecular weight is 452 g/mol. The van der Waals surface area contributed by atoms with Gasteiger partial charge < -0.3 is 15.7 Å². The van der Waals surface area contributed by atoms with Crippen molar-refractivity contribution in [1.82, 2.24) is 9.97 Å². The minimum absolute atomic E-state index is 0.0163. The predicted octanol–water partition coefficient (Wildman–Crippen LogP) is 3.83. The third kappa shape index (κ3) is 5.33. The van der Waals surface area contributed by atoms with Crippen LogP contribution in [-0.2, 0) is 10.0 Å². The third-order valence-corrected chi connectivity index (χ3v) is 4.55. The SMILES string of the molecule is CS(=O)(=O)Nc1ccccc1Nc1nc(Nc2ccc(C(=O)O)cc2F)ncc1Cl. The lowest BCUT2D eigenvalue weighted by molar-refractivity contribution is 0.0696. The number of carboxylic acids is 1. The highest BCUT2D eigenvalue weighted by Crippen LogP contribution is 2.30. The van der Waals surface area contributed by atoms with Crippen molar-refractivity contribution in [3.8, 4) is 0 Å². The molecule has 0 fully saturated rings. The first kappa shape index (κ1) is 21.3. The van der Waals surface area contributed by atoms with E-state index in [-0.39, 0.29) is 33.7 Å². The second kappa shape index (κ2) is 8.51. The highest BCUT2D eigenvalue weighted by Gasteiger charge is 2.13. The number of nitrogens with zero attached hydrogens (tertiary/aromatic N) is 2. The molecule has 0 radical (unpaired) electrons. The van der Waals surface area contributed by atoms with Crippen LogP contribution in [0.2, 0.25) is 5.02 Å². The Morgan fingerprint density at radius 3 is 2.43 bits per heavy atom. The van der Waals surface area contributed by atoms with Gasteiger partial charge in [0.05, 0.1) is 35.1 Å². The van der Waals surface area contributed by atoms with Gasteiger partial charge in [-0.15, -0.1) is 0 Å². The molecule has 0 atom stereocenters. The van der Waals surface area contributed by atoms with E-state index in [9.17, 15) is 17.6 Å². The van der Waals surface area contributed by atoms with Crippen molar-refractivity contribution in [2.45, 2.75) is 0 Å². The molecule has 4 N–H and O–H groups in total. The number of anilines is 5. The predicted molar refractivity (Wildman–Crippen MR) is 112 cm³/mol. The number of carboxylic acid groups (broad SMARTS) is 1. The van der Waals surface area contributed by atoms with Gasteiger partial charge in [-0.05, 0) is 30.3 Å². The Kier molecular flexibility index (Phi) is 6.04. The summed E-state index contributed by atoms with van der Waals surface area (Å²) in [5.74, 6) is -1.93. The summed E-state index contributed by atoms with van der Waals surface area (Å²) >= 11 is 6.13. The van der Waals surface area contributed by atoms with Crippen LogP contribution in [0.25, 0.3) is 0 Å². The summed E-state index contributed by atoms with van der Waals surface area (Å²) in [4.78, 5) is 19.1. The Morgan fingerprint density at radius 1 is 1.10 bits per heavy atom. The quantitative estimate of drug-likeness (QED) is 0.426. The first-order valence-electron chi connectivity index (χ1n) is 8.28. The monoisotopic (exact) mass is 451 g/mol. The van der Waals surface area contributed by atoms with Gasteiger partial charge >= 0.3 is 5.97 Å². The van der Waals surface area contributed by atoms with E-state index in [4.69, 9.17) is 16.7 Å². The molecular formula is C18H15ClFN5O4S. The molecule has 9 nitrogen and oxygen atoms in total. The highest BCUT2D eigenvalue weighted by atomic mass is 35.5. The second-order valence-electron chi connectivity index (χ2n) is 6.06. The number of halogens is 2. The highest BCUT2D eigenvalue weighted by molar-refractivity contribution is 7.92. The Labute approximate surface area is 176 Å². The molecule has 1 aromatic heterocycles. The number of nitrogens with one attached hydrogen (secondary N) is 3. The first-order chi connectivity index (χ1) is 14.1. The molecule has 3 rings (SSSR count). The fraction of sp³-hybridized carbons (Fsp3) is 0.0556. The van der Waals surface area contributed by atoms with Crippen LogP contribution >= 0.6 is 11.6 Å². The lowest BCUT2D eigenvalue weighted by Gasteiger charge is -2.14. The fourth-order valence-corrected chi connectivity index (χ4v) is 3.11. The van der Waals surface area contributed by atoms with E-state index >= 15 is 0 Å².